The normalized spacial score (nSPS) is 14.6. The van der Waals surface area contributed by atoms with Gasteiger partial charge in [0, 0.05) is 32.4 Å². The fourth-order valence-corrected chi connectivity index (χ4v) is 4.51. The Hall–Kier alpha value is -2.75. The molecule has 1 aliphatic rings. The number of rotatable bonds is 3. The summed E-state index contributed by atoms with van der Waals surface area (Å²) in [7, 11) is -0.381. The van der Waals surface area contributed by atoms with Crippen LogP contribution in [0.5, 0.6) is 0 Å². The summed E-state index contributed by atoms with van der Waals surface area (Å²) in [5, 5.41) is 11.6. The van der Waals surface area contributed by atoms with Gasteiger partial charge in [-0.05, 0) is 24.5 Å². The first-order valence-corrected chi connectivity index (χ1v) is 9.27. The average Bonchev–Trinajstić information content (AvgIpc) is 3.22. The lowest BCUT2D eigenvalue weighted by molar-refractivity contribution is 0.565. The highest BCUT2D eigenvalue weighted by molar-refractivity contribution is 7.92. The molecule has 9 nitrogen and oxygen atoms in total. The molecule has 0 atom stereocenters. The maximum atomic E-state index is 13.1. The number of aromatic nitrogens is 6. The molecule has 10 heteroatoms. The molecule has 130 valence electrons. The van der Waals surface area contributed by atoms with Crippen molar-refractivity contribution < 1.29 is 8.42 Å². The summed E-state index contributed by atoms with van der Waals surface area (Å²) >= 11 is 0. The zero-order valence-electron chi connectivity index (χ0n) is 13.9. The zero-order valence-corrected chi connectivity index (χ0v) is 14.7. The number of pyridine rings is 1. The Balaban J connectivity index is 1.83. The van der Waals surface area contributed by atoms with Gasteiger partial charge in [0.05, 0.1) is 18.1 Å². The molecule has 0 fully saturated rings. The maximum Gasteiger partial charge on any atom is 0.284 e. The third-order valence-electron chi connectivity index (χ3n) is 4.23. The molecule has 0 bridgehead atoms. The molecule has 4 rings (SSSR count). The topological polar surface area (TPSA) is 98.8 Å². The van der Waals surface area contributed by atoms with Crippen LogP contribution in [-0.4, -0.2) is 44.7 Å². The van der Waals surface area contributed by atoms with Crippen molar-refractivity contribution in [2.24, 2.45) is 14.1 Å². The van der Waals surface area contributed by atoms with Crippen LogP contribution in [0.1, 0.15) is 12.0 Å². The van der Waals surface area contributed by atoms with E-state index in [0.717, 1.165) is 24.0 Å². The Morgan fingerprint density at radius 2 is 2.00 bits per heavy atom. The Labute approximate surface area is 145 Å². The minimum absolute atomic E-state index is 0.0499. The quantitative estimate of drug-likeness (QED) is 0.684. The summed E-state index contributed by atoms with van der Waals surface area (Å²) in [6.45, 7) is 0.379. The molecule has 3 aromatic rings. The Morgan fingerprint density at radius 3 is 2.68 bits per heavy atom. The second kappa shape index (κ2) is 5.66. The van der Waals surface area contributed by atoms with Gasteiger partial charge in [-0.2, -0.15) is 13.5 Å². The number of nitrogens with zero attached hydrogens (tertiary/aromatic N) is 7. The van der Waals surface area contributed by atoms with Crippen molar-refractivity contribution in [3.05, 3.63) is 36.3 Å². The van der Waals surface area contributed by atoms with Crippen LogP contribution in [0.4, 0.5) is 5.82 Å². The second-order valence-electron chi connectivity index (χ2n) is 5.96. The summed E-state index contributed by atoms with van der Waals surface area (Å²) in [5.41, 5.74) is 2.45. The Morgan fingerprint density at radius 1 is 1.16 bits per heavy atom. The van der Waals surface area contributed by atoms with E-state index in [1.165, 1.54) is 15.2 Å². The number of sulfonamides is 1. The minimum atomic E-state index is -3.77. The fourth-order valence-electron chi connectivity index (χ4n) is 2.98. The van der Waals surface area contributed by atoms with Gasteiger partial charge in [0.2, 0.25) is 0 Å². The second-order valence-corrected chi connectivity index (χ2v) is 7.77. The maximum absolute atomic E-state index is 13.1. The SMILES string of the molecule is Cn1cc(-c2ccc3c(n2)N(S(=O)(=O)c2cnnn2C)CCC3)cn1. The molecule has 0 aliphatic carbocycles. The van der Waals surface area contributed by atoms with E-state index in [1.54, 1.807) is 17.9 Å². The molecule has 0 N–H and O–H groups in total. The van der Waals surface area contributed by atoms with Gasteiger partial charge in [0.1, 0.15) is 5.82 Å². The van der Waals surface area contributed by atoms with Crippen LogP contribution in [0.3, 0.4) is 0 Å². The zero-order chi connectivity index (χ0) is 17.6. The molecule has 0 amide bonds. The molecule has 4 heterocycles. The van der Waals surface area contributed by atoms with Crippen molar-refractivity contribution in [3.63, 3.8) is 0 Å². The van der Waals surface area contributed by atoms with Crippen molar-refractivity contribution in [1.82, 2.24) is 29.8 Å². The van der Waals surface area contributed by atoms with E-state index in [1.807, 2.05) is 25.4 Å². The molecular formula is C15H17N7O2S. The van der Waals surface area contributed by atoms with E-state index in [4.69, 9.17) is 0 Å². The van der Waals surface area contributed by atoms with Gasteiger partial charge in [0.15, 0.2) is 5.03 Å². The number of hydrogen-bond donors (Lipinski definition) is 0. The summed E-state index contributed by atoms with van der Waals surface area (Å²) in [4.78, 5) is 4.63. The van der Waals surface area contributed by atoms with E-state index >= 15 is 0 Å². The number of fused-ring (bicyclic) bond motifs is 1. The average molecular weight is 359 g/mol. The van der Waals surface area contributed by atoms with Gasteiger partial charge >= 0.3 is 0 Å². The third-order valence-corrected chi connectivity index (χ3v) is 6.06. The first-order chi connectivity index (χ1) is 12.0. The summed E-state index contributed by atoms with van der Waals surface area (Å²) in [5.74, 6) is 0.466. The highest BCUT2D eigenvalue weighted by Gasteiger charge is 2.33. The van der Waals surface area contributed by atoms with Crippen LogP contribution in [0.15, 0.2) is 35.7 Å². The van der Waals surface area contributed by atoms with Crippen LogP contribution < -0.4 is 4.31 Å². The van der Waals surface area contributed by atoms with Crippen LogP contribution in [-0.2, 0) is 30.5 Å². The van der Waals surface area contributed by atoms with Gasteiger partial charge < -0.3 is 0 Å². The lowest BCUT2D eigenvalue weighted by Gasteiger charge is -2.29. The van der Waals surface area contributed by atoms with Gasteiger partial charge in [0.25, 0.3) is 10.0 Å². The molecule has 0 unspecified atom stereocenters. The first-order valence-electron chi connectivity index (χ1n) is 7.83. The molecule has 0 spiro atoms. The van der Waals surface area contributed by atoms with Crippen molar-refractivity contribution in [2.75, 3.05) is 10.8 Å². The van der Waals surface area contributed by atoms with Gasteiger partial charge in [-0.25, -0.2) is 14.0 Å². The van der Waals surface area contributed by atoms with Crippen molar-refractivity contribution >= 4 is 15.8 Å². The Kier molecular flexibility index (Phi) is 3.57. The minimum Gasteiger partial charge on any atom is -0.275 e. The van der Waals surface area contributed by atoms with Crippen LogP contribution in [0.25, 0.3) is 11.3 Å². The predicted molar refractivity (Wildman–Crippen MR) is 90.3 cm³/mol. The predicted octanol–water partition coefficient (Wildman–Crippen LogP) is 0.752. The summed E-state index contributed by atoms with van der Waals surface area (Å²) in [6, 6.07) is 3.84. The van der Waals surface area contributed by atoms with Crippen molar-refractivity contribution in [3.8, 4) is 11.3 Å². The van der Waals surface area contributed by atoms with E-state index in [2.05, 4.69) is 20.4 Å². The molecule has 25 heavy (non-hydrogen) atoms. The fraction of sp³-hybridized carbons (Fsp3) is 0.333. The standard InChI is InChI=1S/C15H17N7O2S/c1-20-10-12(8-17-20)13-6-5-11-4-3-7-22(15(11)18-13)25(23,24)14-9-16-19-21(14)2/h5-6,8-10H,3-4,7H2,1-2H3. The van der Waals surface area contributed by atoms with E-state index in [0.29, 0.717) is 18.1 Å². The van der Waals surface area contributed by atoms with Gasteiger partial charge in [-0.1, -0.05) is 11.3 Å². The van der Waals surface area contributed by atoms with Crippen LogP contribution >= 0.6 is 0 Å². The highest BCUT2D eigenvalue weighted by atomic mass is 32.2. The van der Waals surface area contributed by atoms with Gasteiger partial charge in [-0.3, -0.25) is 4.68 Å². The lowest BCUT2D eigenvalue weighted by Crippen LogP contribution is -2.37. The van der Waals surface area contributed by atoms with Gasteiger partial charge in [-0.15, -0.1) is 5.10 Å². The van der Waals surface area contributed by atoms with E-state index in [-0.39, 0.29) is 5.03 Å². The van der Waals surface area contributed by atoms with Crippen molar-refractivity contribution in [1.29, 1.82) is 0 Å². The first kappa shape index (κ1) is 15.8. The highest BCUT2D eigenvalue weighted by Crippen LogP contribution is 2.32. The molecule has 3 aromatic heterocycles. The molecule has 1 aliphatic heterocycles. The summed E-state index contributed by atoms with van der Waals surface area (Å²) < 4.78 is 30.4. The summed E-state index contributed by atoms with van der Waals surface area (Å²) in [6.07, 6.45) is 6.36. The number of anilines is 1. The number of hydrogen-bond acceptors (Lipinski definition) is 6. The van der Waals surface area contributed by atoms with Crippen LogP contribution in [0, 0.1) is 0 Å². The molecular weight excluding hydrogens is 342 g/mol. The molecule has 0 saturated carbocycles. The lowest BCUT2D eigenvalue weighted by atomic mass is 10.1. The third kappa shape index (κ3) is 2.58. The monoisotopic (exact) mass is 359 g/mol. The Bertz CT molecular complexity index is 1040. The van der Waals surface area contributed by atoms with Crippen molar-refractivity contribution in [2.45, 2.75) is 17.9 Å². The molecule has 0 saturated heterocycles. The molecule has 0 radical (unpaired) electrons. The molecule has 0 aromatic carbocycles. The largest absolute Gasteiger partial charge is 0.284 e. The van der Waals surface area contributed by atoms with Crippen LogP contribution in [0.2, 0.25) is 0 Å². The van der Waals surface area contributed by atoms with E-state index in [9.17, 15) is 8.42 Å². The smallest absolute Gasteiger partial charge is 0.275 e. The van der Waals surface area contributed by atoms with E-state index < -0.39 is 10.0 Å². The number of aryl methyl sites for hydroxylation is 3.